The van der Waals surface area contributed by atoms with Crippen molar-refractivity contribution in [1.29, 1.82) is 0 Å². The molecule has 14 heteroatoms. The molecule has 2 fully saturated rings. The van der Waals surface area contributed by atoms with Gasteiger partial charge in [0.2, 0.25) is 5.91 Å². The van der Waals surface area contributed by atoms with Gasteiger partial charge in [-0.05, 0) is 49.5 Å². The number of hydrogen-bond donors (Lipinski definition) is 1. The van der Waals surface area contributed by atoms with Gasteiger partial charge in [-0.1, -0.05) is 24.3 Å². The van der Waals surface area contributed by atoms with E-state index in [1.54, 1.807) is 31.3 Å². The van der Waals surface area contributed by atoms with Crippen molar-refractivity contribution in [3.8, 4) is 0 Å². The first kappa shape index (κ1) is 31.5. The number of carbonyl (C=O) groups excluding carboxylic acids is 3. The van der Waals surface area contributed by atoms with E-state index >= 15 is 8.78 Å². The summed E-state index contributed by atoms with van der Waals surface area (Å²) in [5, 5.41) is 14.3. The molecule has 0 aromatic heterocycles. The summed E-state index contributed by atoms with van der Waals surface area (Å²) in [5.41, 5.74) is -3.64. The van der Waals surface area contributed by atoms with Crippen LogP contribution in [0.2, 0.25) is 0 Å². The van der Waals surface area contributed by atoms with Crippen molar-refractivity contribution in [3.63, 3.8) is 0 Å². The fourth-order valence-electron chi connectivity index (χ4n) is 7.27. The molecule has 6 rings (SSSR count). The van der Waals surface area contributed by atoms with E-state index in [2.05, 4.69) is 5.32 Å². The Morgan fingerprint density at radius 2 is 1.87 bits per heavy atom. The molecule has 4 atom stereocenters. The van der Waals surface area contributed by atoms with Crippen molar-refractivity contribution >= 4 is 17.7 Å². The minimum absolute atomic E-state index is 0.0268. The number of aryl methyl sites for hydroxylation is 1. The number of likely N-dealkylation sites (N-methyl/N-ethyl adjacent to an activating group) is 1. The van der Waals surface area contributed by atoms with Crippen LogP contribution in [0.25, 0.3) is 0 Å². The Balaban J connectivity index is 1.50. The summed E-state index contributed by atoms with van der Waals surface area (Å²) in [5.74, 6) is -5.93. The van der Waals surface area contributed by atoms with Crippen molar-refractivity contribution in [2.75, 3.05) is 7.05 Å². The molecule has 0 spiro atoms. The van der Waals surface area contributed by atoms with Gasteiger partial charge in [-0.3, -0.25) is 29.4 Å². The van der Waals surface area contributed by atoms with Crippen LogP contribution in [0, 0.1) is 10.1 Å². The van der Waals surface area contributed by atoms with Crippen molar-refractivity contribution < 1.29 is 36.9 Å². The average molecular weight is 644 g/mol. The third kappa shape index (κ3) is 5.36. The molecule has 10 nitrogen and oxygen atoms in total. The molecule has 2 heterocycles. The van der Waals surface area contributed by atoms with Gasteiger partial charge in [-0.25, -0.2) is 17.6 Å². The average Bonchev–Trinajstić information content (AvgIpc) is 3.53. The van der Waals surface area contributed by atoms with Gasteiger partial charge < -0.3 is 15.1 Å². The second-order valence-electron chi connectivity index (χ2n) is 12.8. The van der Waals surface area contributed by atoms with Crippen LogP contribution in [0.15, 0.2) is 72.0 Å². The zero-order valence-corrected chi connectivity index (χ0v) is 25.2. The fraction of sp³-hybridized carbons (Fsp3) is 0.469. The number of allylic oxidation sites excluding steroid dienone is 4. The Hall–Kier alpha value is -4.49. The maximum Gasteiger partial charge on any atom is 0.270 e. The number of amides is 3. The SMILES string of the molecule is CN1C=CC([N+](=O)[O-])=CC1N1C(=O)CC[C@H]1C(=O)N(C1=CC(C)(F)CC(F)=C1)[C@]1(C(=O)NC2CC(F)(F)C2)CCc2ccccc21. The molecule has 1 aromatic rings. The molecular weight excluding hydrogens is 610 g/mol. The van der Waals surface area contributed by atoms with E-state index in [9.17, 15) is 33.3 Å². The highest BCUT2D eigenvalue weighted by Gasteiger charge is 2.58. The summed E-state index contributed by atoms with van der Waals surface area (Å²) in [7, 11) is 1.58. The number of fused-ring (bicyclic) bond motifs is 1. The number of carbonyl (C=O) groups is 3. The Kier molecular flexibility index (Phi) is 7.59. The van der Waals surface area contributed by atoms with Crippen LogP contribution in [0.4, 0.5) is 17.6 Å². The molecule has 46 heavy (non-hydrogen) atoms. The highest BCUT2D eigenvalue weighted by molar-refractivity contribution is 5.99. The lowest BCUT2D eigenvalue weighted by atomic mass is 9.83. The molecule has 3 amide bonds. The zero-order chi connectivity index (χ0) is 33.2. The predicted octanol–water partition coefficient (Wildman–Crippen LogP) is 4.38. The summed E-state index contributed by atoms with van der Waals surface area (Å²) in [6.45, 7) is 1.13. The number of halogens is 4. The predicted molar refractivity (Wildman–Crippen MR) is 156 cm³/mol. The van der Waals surface area contributed by atoms with Crippen molar-refractivity contribution in [1.82, 2.24) is 20.0 Å². The molecule has 2 unspecified atom stereocenters. The molecule has 1 saturated carbocycles. The minimum Gasteiger partial charge on any atom is -0.357 e. The molecule has 2 aliphatic heterocycles. The number of alkyl halides is 3. The first-order valence-corrected chi connectivity index (χ1v) is 15.1. The maximum atomic E-state index is 15.6. The number of likely N-dealkylation sites (tertiary alicyclic amines) is 1. The molecule has 1 N–H and O–H groups in total. The van der Waals surface area contributed by atoms with E-state index in [1.807, 2.05) is 0 Å². The van der Waals surface area contributed by atoms with Crippen molar-refractivity contribution in [2.45, 2.75) is 87.2 Å². The van der Waals surface area contributed by atoms with E-state index in [0.717, 1.165) is 24.0 Å². The minimum atomic E-state index is -2.96. The van der Waals surface area contributed by atoms with Crippen LogP contribution >= 0.6 is 0 Å². The first-order valence-electron chi connectivity index (χ1n) is 15.1. The van der Waals surface area contributed by atoms with E-state index in [0.29, 0.717) is 17.5 Å². The number of benzene rings is 1. The van der Waals surface area contributed by atoms with E-state index < -0.39 is 83.1 Å². The quantitative estimate of drug-likeness (QED) is 0.268. The maximum absolute atomic E-state index is 15.6. The molecule has 3 aliphatic carbocycles. The third-order valence-corrected chi connectivity index (χ3v) is 9.40. The smallest absolute Gasteiger partial charge is 0.270 e. The number of hydrogen-bond acceptors (Lipinski definition) is 6. The highest BCUT2D eigenvalue weighted by Crippen LogP contribution is 2.48. The van der Waals surface area contributed by atoms with Crippen LogP contribution in [-0.2, 0) is 26.3 Å². The fourth-order valence-corrected chi connectivity index (χ4v) is 7.27. The Labute approximate surface area is 262 Å². The van der Waals surface area contributed by atoms with Crippen molar-refractivity contribution in [2.24, 2.45) is 0 Å². The summed E-state index contributed by atoms with van der Waals surface area (Å²) < 4.78 is 58.4. The first-order chi connectivity index (χ1) is 21.6. The zero-order valence-electron chi connectivity index (χ0n) is 25.2. The van der Waals surface area contributed by atoms with Gasteiger partial charge in [-0.15, -0.1) is 0 Å². The monoisotopic (exact) mass is 643 g/mol. The van der Waals surface area contributed by atoms with Crippen LogP contribution in [-0.4, -0.2) is 74.2 Å². The summed E-state index contributed by atoms with van der Waals surface area (Å²) in [6, 6.07) is 4.60. The number of rotatable bonds is 7. The van der Waals surface area contributed by atoms with Gasteiger partial charge in [0.1, 0.15) is 23.7 Å². The topological polar surface area (TPSA) is 116 Å². The van der Waals surface area contributed by atoms with Gasteiger partial charge in [0.15, 0.2) is 5.54 Å². The van der Waals surface area contributed by atoms with Crippen LogP contribution < -0.4 is 5.32 Å². The molecule has 1 aromatic carbocycles. The number of nitro groups is 1. The van der Waals surface area contributed by atoms with Gasteiger partial charge in [0.25, 0.3) is 23.4 Å². The molecule has 1 saturated heterocycles. The van der Waals surface area contributed by atoms with Gasteiger partial charge in [0, 0.05) is 62.8 Å². The van der Waals surface area contributed by atoms with Crippen molar-refractivity contribution in [3.05, 3.63) is 93.2 Å². The lowest BCUT2D eigenvalue weighted by molar-refractivity contribution is -0.420. The van der Waals surface area contributed by atoms with Gasteiger partial charge in [0.05, 0.1) is 4.92 Å². The Morgan fingerprint density at radius 1 is 1.15 bits per heavy atom. The largest absolute Gasteiger partial charge is 0.357 e. The van der Waals surface area contributed by atoms with Crippen LogP contribution in [0.3, 0.4) is 0 Å². The Bertz CT molecular complexity index is 1630. The van der Waals surface area contributed by atoms with E-state index in [1.165, 1.54) is 28.2 Å². The second-order valence-corrected chi connectivity index (χ2v) is 12.8. The number of nitrogens with one attached hydrogen (secondary N) is 1. The molecule has 5 aliphatic rings. The summed E-state index contributed by atoms with van der Waals surface area (Å²) >= 11 is 0. The molecule has 0 radical (unpaired) electrons. The van der Waals surface area contributed by atoms with Gasteiger partial charge >= 0.3 is 0 Å². The molecular formula is C32H33F4N5O5. The van der Waals surface area contributed by atoms with Gasteiger partial charge in [-0.2, -0.15) is 0 Å². The third-order valence-electron chi connectivity index (χ3n) is 9.40. The Morgan fingerprint density at radius 3 is 2.54 bits per heavy atom. The number of nitrogens with zero attached hydrogens (tertiary/aromatic N) is 4. The molecule has 244 valence electrons. The summed E-state index contributed by atoms with van der Waals surface area (Å²) in [4.78, 5) is 57.5. The van der Waals surface area contributed by atoms with Crippen LogP contribution in [0.5, 0.6) is 0 Å². The lowest BCUT2D eigenvalue weighted by Crippen LogP contribution is -2.64. The molecule has 0 bridgehead atoms. The summed E-state index contributed by atoms with van der Waals surface area (Å²) in [6.07, 6.45) is 3.21. The lowest BCUT2D eigenvalue weighted by Gasteiger charge is -2.47. The highest BCUT2D eigenvalue weighted by atomic mass is 19.3. The van der Waals surface area contributed by atoms with Crippen LogP contribution in [0.1, 0.15) is 56.6 Å². The standard InChI is InChI=1S/C32H33F4N5O5/c1-30(34)15-20(33)13-23(18-30)40(28(43)25-7-8-27(42)39(25)26-14-22(41(45)46)10-12-38(26)2)32(11-9-19-5-3-4-6-24(19)32)29(44)37-21-16-31(35,36)17-21/h3-6,10,12-14,18,21,25-26H,7-9,11,15-17H2,1-2H3,(H,37,44)/t25-,26?,30?,32+/m0/s1. The normalized spacial score (nSPS) is 30.2. The van der Waals surface area contributed by atoms with E-state index in [-0.39, 0.29) is 30.7 Å². The second kappa shape index (κ2) is 11.1. The van der Waals surface area contributed by atoms with E-state index in [4.69, 9.17) is 0 Å².